The molecule has 0 saturated heterocycles. The largest absolute Gasteiger partial charge is 0.508 e. The van der Waals surface area contributed by atoms with Gasteiger partial charge in [0, 0.05) is 7.05 Å². The van der Waals surface area contributed by atoms with Gasteiger partial charge in [0.05, 0.1) is 0 Å². The minimum Gasteiger partial charge on any atom is -0.508 e. The van der Waals surface area contributed by atoms with Crippen LogP contribution in [0.3, 0.4) is 0 Å². The summed E-state index contributed by atoms with van der Waals surface area (Å²) in [4.78, 5) is 11.6. The Hall–Kier alpha value is -3.01. The molecule has 3 rings (SSSR count). The van der Waals surface area contributed by atoms with Crippen molar-refractivity contribution in [2.45, 2.75) is 13.0 Å². The number of carbonyl (C=O) groups is 1. The van der Waals surface area contributed by atoms with Gasteiger partial charge in [-0.05, 0) is 59.2 Å². The lowest BCUT2D eigenvalue weighted by Crippen LogP contribution is -2.33. The zero-order valence-electron chi connectivity index (χ0n) is 13.6. The summed E-state index contributed by atoms with van der Waals surface area (Å²) in [5.41, 5.74) is 2.08. The van der Waals surface area contributed by atoms with Gasteiger partial charge in [0.15, 0.2) is 6.10 Å². The van der Waals surface area contributed by atoms with E-state index in [0.29, 0.717) is 5.75 Å². The van der Waals surface area contributed by atoms with Gasteiger partial charge in [0.1, 0.15) is 11.5 Å². The van der Waals surface area contributed by atoms with Gasteiger partial charge in [-0.3, -0.25) is 4.79 Å². The van der Waals surface area contributed by atoms with E-state index in [4.69, 9.17) is 4.74 Å². The number of rotatable bonds is 4. The number of phenols is 1. The molecule has 1 amide bonds. The monoisotopic (exact) mass is 321 g/mol. The Bertz CT molecular complexity index is 872. The highest BCUT2D eigenvalue weighted by atomic mass is 16.5. The molecule has 0 spiro atoms. The van der Waals surface area contributed by atoms with Crippen molar-refractivity contribution < 1.29 is 14.6 Å². The topological polar surface area (TPSA) is 58.6 Å². The number of aromatic hydroxyl groups is 1. The quantitative estimate of drug-likeness (QED) is 0.770. The minimum atomic E-state index is -0.548. The Kier molecular flexibility index (Phi) is 4.38. The first-order valence-corrected chi connectivity index (χ1v) is 7.78. The van der Waals surface area contributed by atoms with E-state index >= 15 is 0 Å². The van der Waals surface area contributed by atoms with Gasteiger partial charge in [0.25, 0.3) is 5.91 Å². The second-order valence-electron chi connectivity index (χ2n) is 5.64. The van der Waals surface area contributed by atoms with Crippen LogP contribution in [0.4, 0.5) is 0 Å². The first-order chi connectivity index (χ1) is 11.6. The number of carbonyl (C=O) groups excluding carboxylic acids is 1. The number of amides is 1. The number of fused-ring (bicyclic) bond motifs is 1. The van der Waals surface area contributed by atoms with Gasteiger partial charge in [-0.15, -0.1) is 0 Å². The molecule has 4 nitrogen and oxygen atoms in total. The Balaban J connectivity index is 1.93. The molecule has 0 fully saturated rings. The molecule has 2 N–H and O–H groups in total. The Morgan fingerprint density at radius 2 is 1.62 bits per heavy atom. The van der Waals surface area contributed by atoms with Crippen LogP contribution in [-0.2, 0) is 4.79 Å². The summed E-state index contributed by atoms with van der Waals surface area (Å²) < 4.78 is 5.69. The third-order valence-electron chi connectivity index (χ3n) is 3.94. The maximum atomic E-state index is 11.6. The molecule has 0 aliphatic carbocycles. The molecule has 0 saturated carbocycles. The van der Waals surface area contributed by atoms with Gasteiger partial charge in [0.2, 0.25) is 0 Å². The van der Waals surface area contributed by atoms with Crippen LogP contribution in [0.2, 0.25) is 0 Å². The summed E-state index contributed by atoms with van der Waals surface area (Å²) in [5, 5.41) is 14.1. The molecule has 0 aliphatic rings. The van der Waals surface area contributed by atoms with Crippen molar-refractivity contribution in [3.63, 3.8) is 0 Å². The predicted molar refractivity (Wildman–Crippen MR) is 95.2 cm³/mol. The number of hydrogen-bond acceptors (Lipinski definition) is 3. The molecule has 4 heteroatoms. The zero-order valence-corrected chi connectivity index (χ0v) is 13.6. The van der Waals surface area contributed by atoms with E-state index in [2.05, 4.69) is 11.4 Å². The molecule has 3 aromatic rings. The molecule has 1 atom stereocenters. The fourth-order valence-corrected chi connectivity index (χ4v) is 2.59. The van der Waals surface area contributed by atoms with E-state index in [-0.39, 0.29) is 11.7 Å². The number of ether oxygens (including phenoxy) is 1. The lowest BCUT2D eigenvalue weighted by Gasteiger charge is -2.14. The zero-order chi connectivity index (χ0) is 17.1. The standard InChI is InChI=1S/C20H19NO3/c1-13(20(23)21-2)24-19-10-7-15-3-4-16(11-17(15)12-19)14-5-8-18(22)9-6-14/h3-13,22H,1-2H3,(H,21,23). The fourth-order valence-electron chi connectivity index (χ4n) is 2.59. The molecule has 122 valence electrons. The fraction of sp³-hybridized carbons (Fsp3) is 0.150. The van der Waals surface area contributed by atoms with Gasteiger partial charge in [-0.2, -0.15) is 0 Å². The van der Waals surface area contributed by atoms with E-state index in [9.17, 15) is 9.90 Å². The molecule has 0 heterocycles. The summed E-state index contributed by atoms with van der Waals surface area (Å²) >= 11 is 0. The van der Waals surface area contributed by atoms with E-state index in [0.717, 1.165) is 21.9 Å². The summed E-state index contributed by atoms with van der Waals surface area (Å²) in [5.74, 6) is 0.743. The summed E-state index contributed by atoms with van der Waals surface area (Å²) in [7, 11) is 1.59. The van der Waals surface area contributed by atoms with E-state index < -0.39 is 6.10 Å². The Morgan fingerprint density at radius 3 is 2.33 bits per heavy atom. The smallest absolute Gasteiger partial charge is 0.260 e. The van der Waals surface area contributed by atoms with Crippen molar-refractivity contribution in [2.75, 3.05) is 7.05 Å². The lowest BCUT2D eigenvalue weighted by atomic mass is 10.0. The van der Waals surface area contributed by atoms with Gasteiger partial charge in [-0.25, -0.2) is 0 Å². The van der Waals surface area contributed by atoms with Gasteiger partial charge < -0.3 is 15.2 Å². The van der Waals surface area contributed by atoms with Crippen LogP contribution in [0.15, 0.2) is 60.7 Å². The molecular formula is C20H19NO3. The van der Waals surface area contributed by atoms with Crippen molar-refractivity contribution in [1.82, 2.24) is 5.32 Å². The third-order valence-corrected chi connectivity index (χ3v) is 3.94. The Labute approximate surface area is 140 Å². The third kappa shape index (κ3) is 3.33. The number of hydrogen-bond donors (Lipinski definition) is 2. The molecule has 1 unspecified atom stereocenters. The average molecular weight is 321 g/mol. The number of benzene rings is 3. The highest BCUT2D eigenvalue weighted by Gasteiger charge is 2.12. The van der Waals surface area contributed by atoms with Gasteiger partial charge >= 0.3 is 0 Å². The van der Waals surface area contributed by atoms with Crippen LogP contribution in [0, 0.1) is 0 Å². The number of likely N-dealkylation sites (N-methyl/N-ethyl adjacent to an activating group) is 1. The van der Waals surface area contributed by atoms with Crippen LogP contribution >= 0.6 is 0 Å². The lowest BCUT2D eigenvalue weighted by molar-refractivity contribution is -0.126. The van der Waals surface area contributed by atoms with Crippen molar-refractivity contribution in [3.8, 4) is 22.6 Å². The molecule has 0 aromatic heterocycles. The average Bonchev–Trinajstić information content (AvgIpc) is 2.61. The molecule has 24 heavy (non-hydrogen) atoms. The minimum absolute atomic E-state index is 0.159. The molecule has 0 bridgehead atoms. The van der Waals surface area contributed by atoms with Crippen LogP contribution in [0.25, 0.3) is 21.9 Å². The summed E-state index contributed by atoms with van der Waals surface area (Å²) in [6.45, 7) is 1.72. The van der Waals surface area contributed by atoms with Crippen LogP contribution in [-0.4, -0.2) is 24.2 Å². The maximum absolute atomic E-state index is 11.6. The van der Waals surface area contributed by atoms with Crippen molar-refractivity contribution in [2.24, 2.45) is 0 Å². The van der Waals surface area contributed by atoms with Crippen LogP contribution in [0.5, 0.6) is 11.5 Å². The second-order valence-corrected chi connectivity index (χ2v) is 5.64. The molecule has 3 aromatic carbocycles. The summed E-state index contributed by atoms with van der Waals surface area (Å²) in [6, 6.07) is 19.0. The highest BCUT2D eigenvalue weighted by Crippen LogP contribution is 2.28. The van der Waals surface area contributed by atoms with Crippen LogP contribution in [0.1, 0.15) is 6.92 Å². The maximum Gasteiger partial charge on any atom is 0.260 e. The second kappa shape index (κ2) is 6.62. The summed E-state index contributed by atoms with van der Waals surface area (Å²) in [6.07, 6.45) is -0.548. The number of nitrogens with one attached hydrogen (secondary N) is 1. The number of phenolic OH excluding ortho intramolecular Hbond substituents is 1. The first kappa shape index (κ1) is 15.9. The van der Waals surface area contributed by atoms with Crippen molar-refractivity contribution in [3.05, 3.63) is 60.7 Å². The van der Waals surface area contributed by atoms with Crippen molar-refractivity contribution >= 4 is 16.7 Å². The van der Waals surface area contributed by atoms with Crippen LogP contribution < -0.4 is 10.1 Å². The SMILES string of the molecule is CNC(=O)C(C)Oc1ccc2ccc(-c3ccc(O)cc3)cc2c1. The molecular weight excluding hydrogens is 302 g/mol. The van der Waals surface area contributed by atoms with Crippen molar-refractivity contribution in [1.29, 1.82) is 0 Å². The first-order valence-electron chi connectivity index (χ1n) is 7.78. The van der Waals surface area contributed by atoms with E-state index in [1.54, 1.807) is 26.1 Å². The predicted octanol–water partition coefficient (Wildman–Crippen LogP) is 3.73. The molecule has 0 radical (unpaired) electrons. The van der Waals surface area contributed by atoms with E-state index in [1.807, 2.05) is 42.5 Å². The normalized spacial score (nSPS) is 11.9. The Morgan fingerprint density at radius 1 is 0.958 bits per heavy atom. The van der Waals surface area contributed by atoms with Gasteiger partial charge in [-0.1, -0.05) is 30.3 Å². The highest BCUT2D eigenvalue weighted by molar-refractivity contribution is 5.88. The molecule has 0 aliphatic heterocycles. The van der Waals surface area contributed by atoms with E-state index in [1.165, 1.54) is 0 Å².